The summed E-state index contributed by atoms with van der Waals surface area (Å²) in [5, 5.41) is 2.75. The van der Waals surface area contributed by atoms with Gasteiger partial charge in [-0.15, -0.1) is 0 Å². The molecule has 1 aliphatic rings. The van der Waals surface area contributed by atoms with Crippen LogP contribution < -0.4 is 11.1 Å². The number of nitrogens with one attached hydrogen (secondary N) is 1. The zero-order valence-electron chi connectivity index (χ0n) is 14.2. The van der Waals surface area contributed by atoms with Crippen molar-refractivity contribution >= 4 is 17.6 Å². The van der Waals surface area contributed by atoms with Crippen LogP contribution in [0.5, 0.6) is 0 Å². The van der Waals surface area contributed by atoms with Gasteiger partial charge < -0.3 is 16.0 Å². The lowest BCUT2D eigenvalue weighted by Crippen LogP contribution is -2.51. The van der Waals surface area contributed by atoms with Crippen molar-refractivity contribution < 1.29 is 14.4 Å². The van der Waals surface area contributed by atoms with E-state index in [4.69, 9.17) is 5.73 Å². The maximum absolute atomic E-state index is 12.4. The van der Waals surface area contributed by atoms with Gasteiger partial charge in [0.25, 0.3) is 0 Å². The number of Topliss-reactive ketones (excluding diaryl/α,β-unsaturated/α-hetero) is 1. The number of amides is 2. The summed E-state index contributed by atoms with van der Waals surface area (Å²) in [6, 6.07) is -1.14. The van der Waals surface area contributed by atoms with Crippen LogP contribution in [-0.2, 0) is 14.4 Å². The number of unbranched alkanes of at least 4 members (excludes halogenated alkanes) is 3. The van der Waals surface area contributed by atoms with Gasteiger partial charge in [0.2, 0.25) is 11.8 Å². The summed E-state index contributed by atoms with van der Waals surface area (Å²) >= 11 is 0. The molecule has 1 rings (SSSR count). The molecule has 0 aromatic carbocycles. The lowest BCUT2D eigenvalue weighted by Gasteiger charge is -2.24. The lowest BCUT2D eigenvalue weighted by molar-refractivity contribution is -0.138. The first-order valence-electron chi connectivity index (χ1n) is 8.48. The van der Waals surface area contributed by atoms with E-state index in [0.717, 1.165) is 32.1 Å². The van der Waals surface area contributed by atoms with Crippen molar-refractivity contribution in [3.8, 4) is 0 Å². The van der Waals surface area contributed by atoms with Crippen molar-refractivity contribution in [3.63, 3.8) is 0 Å². The fourth-order valence-electron chi connectivity index (χ4n) is 2.73. The Hall–Kier alpha value is -1.69. The van der Waals surface area contributed by atoms with Crippen molar-refractivity contribution in [2.45, 2.75) is 64.5 Å². The van der Waals surface area contributed by atoms with E-state index < -0.39 is 12.1 Å². The summed E-state index contributed by atoms with van der Waals surface area (Å²) in [7, 11) is 0. The maximum Gasteiger partial charge on any atom is 0.243 e. The summed E-state index contributed by atoms with van der Waals surface area (Å²) < 4.78 is 0. The third-order valence-corrected chi connectivity index (χ3v) is 4.09. The Labute approximate surface area is 138 Å². The van der Waals surface area contributed by atoms with Crippen molar-refractivity contribution in [1.82, 2.24) is 10.2 Å². The lowest BCUT2D eigenvalue weighted by atomic mass is 10.1. The first-order chi connectivity index (χ1) is 11.0. The molecular weight excluding hydrogens is 294 g/mol. The molecule has 2 atom stereocenters. The molecule has 0 aromatic heterocycles. The first-order valence-corrected chi connectivity index (χ1v) is 8.48. The average Bonchev–Trinajstić information content (AvgIpc) is 3.02. The van der Waals surface area contributed by atoms with Gasteiger partial charge in [-0.2, -0.15) is 0 Å². The van der Waals surface area contributed by atoms with E-state index >= 15 is 0 Å². The van der Waals surface area contributed by atoms with E-state index in [1.165, 1.54) is 11.8 Å². The molecule has 1 saturated heterocycles. The number of nitrogens with zero attached hydrogens (tertiary/aromatic N) is 1. The van der Waals surface area contributed by atoms with Crippen molar-refractivity contribution in [3.05, 3.63) is 12.2 Å². The van der Waals surface area contributed by atoms with Gasteiger partial charge in [0.1, 0.15) is 12.1 Å². The maximum atomic E-state index is 12.4. The Bertz CT molecular complexity index is 448. The van der Waals surface area contributed by atoms with Crippen LogP contribution in [0.1, 0.15) is 52.4 Å². The number of carbonyl (C=O) groups excluding carboxylic acids is 3. The number of hydrogen-bond donors (Lipinski definition) is 2. The fourth-order valence-corrected chi connectivity index (χ4v) is 2.73. The second kappa shape index (κ2) is 10.2. The zero-order chi connectivity index (χ0) is 17.2. The van der Waals surface area contributed by atoms with Crippen molar-refractivity contribution in [1.29, 1.82) is 0 Å². The van der Waals surface area contributed by atoms with Crippen molar-refractivity contribution in [2.75, 3.05) is 13.1 Å². The second-order valence-corrected chi connectivity index (χ2v) is 5.97. The minimum absolute atomic E-state index is 0.1000. The summed E-state index contributed by atoms with van der Waals surface area (Å²) in [6.07, 6.45) is 9.36. The monoisotopic (exact) mass is 323 g/mol. The van der Waals surface area contributed by atoms with Gasteiger partial charge in [0.05, 0.1) is 6.54 Å². The molecule has 0 bridgehead atoms. The summed E-state index contributed by atoms with van der Waals surface area (Å²) in [4.78, 5) is 37.4. The number of allylic oxidation sites excluding steroid dienone is 1. The van der Waals surface area contributed by atoms with Gasteiger partial charge in [-0.25, -0.2) is 0 Å². The molecule has 2 unspecified atom stereocenters. The molecule has 1 heterocycles. The molecule has 3 N–H and O–H groups in total. The fraction of sp³-hybridized carbons (Fsp3) is 0.706. The molecule has 0 saturated carbocycles. The number of nitrogens with two attached hydrogens (primary N) is 1. The molecule has 2 amide bonds. The van der Waals surface area contributed by atoms with Crippen LogP contribution in [-0.4, -0.2) is 47.7 Å². The normalized spacial score (nSPS) is 19.1. The minimum Gasteiger partial charge on any atom is -0.341 e. The predicted molar refractivity (Wildman–Crippen MR) is 89.7 cm³/mol. The quantitative estimate of drug-likeness (QED) is 0.492. The van der Waals surface area contributed by atoms with E-state index in [1.54, 1.807) is 6.08 Å². The number of ketones is 1. The third-order valence-electron chi connectivity index (χ3n) is 4.09. The van der Waals surface area contributed by atoms with Gasteiger partial charge in [0, 0.05) is 6.54 Å². The number of carbonyl (C=O) groups is 3. The Kier molecular flexibility index (Phi) is 8.55. The van der Waals surface area contributed by atoms with E-state index in [2.05, 4.69) is 12.2 Å². The Balaban J connectivity index is 2.60. The number of rotatable bonds is 9. The van der Waals surface area contributed by atoms with E-state index in [9.17, 15) is 14.4 Å². The van der Waals surface area contributed by atoms with E-state index in [-0.39, 0.29) is 24.1 Å². The molecule has 0 spiro atoms. The molecule has 0 radical (unpaired) electrons. The zero-order valence-corrected chi connectivity index (χ0v) is 14.2. The molecule has 130 valence electrons. The van der Waals surface area contributed by atoms with Gasteiger partial charge in [-0.1, -0.05) is 31.9 Å². The number of hydrogen-bond acceptors (Lipinski definition) is 4. The van der Waals surface area contributed by atoms with E-state index in [1.807, 2.05) is 6.08 Å². The van der Waals surface area contributed by atoms with Crippen LogP contribution in [0.2, 0.25) is 0 Å². The van der Waals surface area contributed by atoms with Crippen LogP contribution in [0.15, 0.2) is 12.2 Å². The van der Waals surface area contributed by atoms with Crippen LogP contribution in [0.4, 0.5) is 0 Å². The van der Waals surface area contributed by atoms with E-state index in [0.29, 0.717) is 13.0 Å². The van der Waals surface area contributed by atoms with Crippen molar-refractivity contribution in [2.24, 2.45) is 5.73 Å². The highest BCUT2D eigenvalue weighted by atomic mass is 16.2. The molecule has 0 aromatic rings. The van der Waals surface area contributed by atoms with Gasteiger partial charge >= 0.3 is 0 Å². The molecule has 6 nitrogen and oxygen atoms in total. The highest BCUT2D eigenvalue weighted by molar-refractivity contribution is 5.93. The largest absolute Gasteiger partial charge is 0.341 e. The summed E-state index contributed by atoms with van der Waals surface area (Å²) in [6.45, 7) is 4.04. The minimum atomic E-state index is -0.625. The Morgan fingerprint density at radius 1 is 1.35 bits per heavy atom. The molecular formula is C17H29N3O3. The predicted octanol–water partition coefficient (Wildman–Crippen LogP) is 1.15. The van der Waals surface area contributed by atoms with Gasteiger partial charge in [0.15, 0.2) is 5.78 Å². The molecule has 23 heavy (non-hydrogen) atoms. The van der Waals surface area contributed by atoms with Crippen LogP contribution in [0.3, 0.4) is 0 Å². The topological polar surface area (TPSA) is 92.5 Å². The summed E-state index contributed by atoms with van der Waals surface area (Å²) in [5.74, 6) is -0.611. The van der Waals surface area contributed by atoms with Gasteiger partial charge in [-0.3, -0.25) is 14.4 Å². The average molecular weight is 323 g/mol. The standard InChI is InChI=1S/C17H29N3O3/c1-3-4-5-6-7-9-14(13(2)21)19-17(23)15-10-8-11-20(15)16(22)12-18/h7,9,14-15H,3-6,8,10-12,18H2,1-2H3,(H,19,23)/b9-7-. The Morgan fingerprint density at radius 2 is 2.09 bits per heavy atom. The smallest absolute Gasteiger partial charge is 0.243 e. The highest BCUT2D eigenvalue weighted by Crippen LogP contribution is 2.17. The summed E-state index contributed by atoms with van der Waals surface area (Å²) in [5.41, 5.74) is 5.38. The third kappa shape index (κ3) is 6.14. The molecule has 1 fully saturated rings. The molecule has 1 aliphatic heterocycles. The van der Waals surface area contributed by atoms with Crippen LogP contribution in [0.25, 0.3) is 0 Å². The Morgan fingerprint density at radius 3 is 2.70 bits per heavy atom. The second-order valence-electron chi connectivity index (χ2n) is 5.97. The SMILES string of the molecule is CCCCC/C=C\C(NC(=O)C1CCCN1C(=O)CN)C(C)=O. The van der Waals surface area contributed by atoms with Crippen LogP contribution in [0, 0.1) is 0 Å². The first kappa shape index (κ1) is 19.4. The highest BCUT2D eigenvalue weighted by Gasteiger charge is 2.34. The number of likely N-dealkylation sites (tertiary alicyclic amines) is 1. The van der Waals surface area contributed by atoms with Crippen LogP contribution >= 0.6 is 0 Å². The molecule has 6 heteroatoms. The molecule has 0 aliphatic carbocycles. The van der Waals surface area contributed by atoms with Gasteiger partial charge in [-0.05, 0) is 32.6 Å².